The summed E-state index contributed by atoms with van der Waals surface area (Å²) in [5.41, 5.74) is 0. The van der Waals surface area contributed by atoms with Gasteiger partial charge in [-0.25, -0.2) is 0 Å². The quantitative estimate of drug-likeness (QED) is 0.435. The molecule has 0 aromatic carbocycles. The third-order valence-electron chi connectivity index (χ3n) is 2.05. The summed E-state index contributed by atoms with van der Waals surface area (Å²) in [4.78, 5) is 0. The van der Waals surface area contributed by atoms with Gasteiger partial charge in [0.15, 0.2) is 0 Å². The summed E-state index contributed by atoms with van der Waals surface area (Å²) < 4.78 is 5.50. The lowest BCUT2D eigenvalue weighted by Crippen LogP contribution is -2.15. The van der Waals surface area contributed by atoms with E-state index in [0.717, 1.165) is 32.7 Å². The van der Waals surface area contributed by atoms with Gasteiger partial charge >= 0.3 is 0 Å². The molecule has 1 N–H and O–H groups in total. The van der Waals surface area contributed by atoms with Crippen molar-refractivity contribution < 1.29 is 4.74 Å². The molecular formula is C11H25NOS. The zero-order valence-corrected chi connectivity index (χ0v) is 10.5. The average Bonchev–Trinajstić information content (AvgIpc) is 2.15. The van der Waals surface area contributed by atoms with Crippen molar-refractivity contribution >= 4 is 12.6 Å². The zero-order valence-electron chi connectivity index (χ0n) is 9.59. The first kappa shape index (κ1) is 14.3. The van der Waals surface area contributed by atoms with Crippen LogP contribution in [0.25, 0.3) is 0 Å². The van der Waals surface area contributed by atoms with Gasteiger partial charge in [0.25, 0.3) is 0 Å². The predicted molar refractivity (Wildman–Crippen MR) is 66.3 cm³/mol. The summed E-state index contributed by atoms with van der Waals surface area (Å²) >= 11 is 4.33. The van der Waals surface area contributed by atoms with Gasteiger partial charge in [-0.15, -0.1) is 0 Å². The van der Waals surface area contributed by atoms with Crippen LogP contribution in [0.4, 0.5) is 0 Å². The van der Waals surface area contributed by atoms with E-state index in [4.69, 9.17) is 4.74 Å². The van der Waals surface area contributed by atoms with Crippen LogP contribution in [0.15, 0.2) is 0 Å². The van der Waals surface area contributed by atoms with Gasteiger partial charge in [0.2, 0.25) is 0 Å². The van der Waals surface area contributed by atoms with E-state index in [2.05, 4.69) is 31.8 Å². The third kappa shape index (κ3) is 12.3. The summed E-state index contributed by atoms with van der Waals surface area (Å²) in [6.07, 6.45) is 4.73. The number of nitrogens with one attached hydrogen (secondary N) is 1. The molecule has 1 unspecified atom stereocenters. The van der Waals surface area contributed by atoms with Gasteiger partial charge in [0.05, 0.1) is 0 Å². The molecule has 0 spiro atoms. The normalized spacial score (nSPS) is 13.1. The van der Waals surface area contributed by atoms with Gasteiger partial charge in [-0.1, -0.05) is 20.3 Å². The van der Waals surface area contributed by atoms with Gasteiger partial charge < -0.3 is 10.1 Å². The molecule has 0 saturated carbocycles. The van der Waals surface area contributed by atoms with Crippen LogP contribution in [0.3, 0.4) is 0 Å². The molecule has 14 heavy (non-hydrogen) atoms. The number of hydrogen-bond donors (Lipinski definition) is 2. The number of unbranched alkanes of at least 4 members (excludes halogenated alkanes) is 1. The lowest BCUT2D eigenvalue weighted by molar-refractivity contribution is 0.127. The molecule has 1 atom stereocenters. The van der Waals surface area contributed by atoms with Crippen LogP contribution in [0.2, 0.25) is 0 Å². The standard InChI is InChI=1S/C11H25NOS/c1-3-12-8-6-10-13-9-5-4-7-11(2)14/h11-12,14H,3-10H2,1-2H3. The topological polar surface area (TPSA) is 21.3 Å². The summed E-state index contributed by atoms with van der Waals surface area (Å²) in [5, 5.41) is 3.81. The molecule has 0 heterocycles. The van der Waals surface area contributed by atoms with Crippen LogP contribution in [0.1, 0.15) is 39.5 Å². The van der Waals surface area contributed by atoms with Crippen LogP contribution in [0.5, 0.6) is 0 Å². The van der Waals surface area contributed by atoms with E-state index in [0.29, 0.717) is 5.25 Å². The highest BCUT2D eigenvalue weighted by Crippen LogP contribution is 2.05. The summed E-state index contributed by atoms with van der Waals surface area (Å²) in [7, 11) is 0. The molecule has 0 aliphatic carbocycles. The molecule has 0 amide bonds. The number of ether oxygens (including phenoxy) is 1. The van der Waals surface area contributed by atoms with Gasteiger partial charge in [-0.2, -0.15) is 12.6 Å². The average molecular weight is 219 g/mol. The summed E-state index contributed by atoms with van der Waals surface area (Å²) in [5.74, 6) is 0. The Bertz CT molecular complexity index is 109. The van der Waals surface area contributed by atoms with Gasteiger partial charge in [0, 0.05) is 13.2 Å². The fraction of sp³-hybridized carbons (Fsp3) is 1.00. The molecular weight excluding hydrogens is 194 g/mol. The van der Waals surface area contributed by atoms with Crippen molar-refractivity contribution in [3.63, 3.8) is 0 Å². The van der Waals surface area contributed by atoms with Crippen LogP contribution in [0, 0.1) is 0 Å². The van der Waals surface area contributed by atoms with Gasteiger partial charge in [-0.3, -0.25) is 0 Å². The lowest BCUT2D eigenvalue weighted by Gasteiger charge is -2.05. The van der Waals surface area contributed by atoms with Gasteiger partial charge in [-0.05, 0) is 37.6 Å². The molecule has 0 rings (SSSR count). The Morgan fingerprint density at radius 2 is 1.93 bits per heavy atom. The smallest absolute Gasteiger partial charge is 0.0478 e. The lowest BCUT2D eigenvalue weighted by atomic mass is 10.2. The minimum atomic E-state index is 0.531. The monoisotopic (exact) mass is 219 g/mol. The molecule has 0 fully saturated rings. The molecule has 0 aromatic rings. The van der Waals surface area contributed by atoms with E-state index in [1.54, 1.807) is 0 Å². The number of thiol groups is 1. The molecule has 0 radical (unpaired) electrons. The van der Waals surface area contributed by atoms with Crippen molar-refractivity contribution in [2.75, 3.05) is 26.3 Å². The Hall–Kier alpha value is 0.270. The van der Waals surface area contributed by atoms with Crippen molar-refractivity contribution in [3.05, 3.63) is 0 Å². The first-order valence-corrected chi connectivity index (χ1v) is 6.25. The highest BCUT2D eigenvalue weighted by molar-refractivity contribution is 7.80. The molecule has 86 valence electrons. The maximum Gasteiger partial charge on any atom is 0.0478 e. The fourth-order valence-electron chi connectivity index (χ4n) is 1.22. The van der Waals surface area contributed by atoms with Crippen LogP contribution in [-0.4, -0.2) is 31.6 Å². The highest BCUT2D eigenvalue weighted by atomic mass is 32.1. The molecule has 0 aliphatic heterocycles. The summed E-state index contributed by atoms with van der Waals surface area (Å²) in [6.45, 7) is 8.19. The molecule has 3 heteroatoms. The zero-order chi connectivity index (χ0) is 10.6. The molecule has 0 saturated heterocycles. The summed E-state index contributed by atoms with van der Waals surface area (Å²) in [6, 6.07) is 0. The molecule has 0 aliphatic rings. The molecule has 0 bridgehead atoms. The van der Waals surface area contributed by atoms with E-state index < -0.39 is 0 Å². The van der Waals surface area contributed by atoms with Crippen LogP contribution >= 0.6 is 12.6 Å². The maximum atomic E-state index is 5.50. The SMILES string of the molecule is CCNCCCOCCCCC(C)S. The maximum absolute atomic E-state index is 5.50. The van der Waals surface area contributed by atoms with Crippen molar-refractivity contribution in [2.45, 2.75) is 44.8 Å². The Labute approximate surface area is 94.2 Å². The highest BCUT2D eigenvalue weighted by Gasteiger charge is 1.94. The largest absolute Gasteiger partial charge is 0.381 e. The van der Waals surface area contributed by atoms with Crippen molar-refractivity contribution in [2.24, 2.45) is 0 Å². The second-order valence-electron chi connectivity index (χ2n) is 3.66. The molecule has 2 nitrogen and oxygen atoms in total. The van der Waals surface area contributed by atoms with E-state index in [-0.39, 0.29) is 0 Å². The van der Waals surface area contributed by atoms with Crippen LogP contribution < -0.4 is 5.32 Å². The van der Waals surface area contributed by atoms with Crippen molar-refractivity contribution in [3.8, 4) is 0 Å². The first-order valence-electron chi connectivity index (χ1n) is 5.74. The Morgan fingerprint density at radius 3 is 2.57 bits per heavy atom. The minimum absolute atomic E-state index is 0.531. The van der Waals surface area contributed by atoms with Crippen molar-refractivity contribution in [1.82, 2.24) is 5.32 Å². The van der Waals surface area contributed by atoms with Crippen molar-refractivity contribution in [1.29, 1.82) is 0 Å². The Kier molecular flexibility index (Phi) is 11.6. The van der Waals surface area contributed by atoms with E-state index in [9.17, 15) is 0 Å². The van der Waals surface area contributed by atoms with E-state index >= 15 is 0 Å². The molecule has 0 aromatic heterocycles. The second kappa shape index (κ2) is 11.3. The van der Waals surface area contributed by atoms with Crippen LogP contribution in [-0.2, 0) is 4.74 Å². The number of rotatable bonds is 10. The van der Waals surface area contributed by atoms with E-state index in [1.807, 2.05) is 0 Å². The Morgan fingerprint density at radius 1 is 1.21 bits per heavy atom. The second-order valence-corrected chi connectivity index (χ2v) is 4.55. The third-order valence-corrected chi connectivity index (χ3v) is 2.31. The Balaban J connectivity index is 2.85. The fourth-order valence-corrected chi connectivity index (χ4v) is 1.40. The van der Waals surface area contributed by atoms with Gasteiger partial charge in [0.1, 0.15) is 0 Å². The minimum Gasteiger partial charge on any atom is -0.381 e. The number of hydrogen-bond acceptors (Lipinski definition) is 3. The predicted octanol–water partition coefficient (Wildman–Crippen LogP) is 2.49. The first-order chi connectivity index (χ1) is 6.77. The van der Waals surface area contributed by atoms with E-state index in [1.165, 1.54) is 19.3 Å².